The molecule has 0 aliphatic rings. The summed E-state index contributed by atoms with van der Waals surface area (Å²) in [5.74, 6) is -0.582. The van der Waals surface area contributed by atoms with E-state index in [0.717, 1.165) is 32.4 Å². The molecular weight excluding hydrogens is 338 g/mol. The molecule has 0 bridgehead atoms. The molecule has 0 aromatic rings. The van der Waals surface area contributed by atoms with E-state index in [1.807, 2.05) is 20.8 Å². The molecule has 0 fully saturated rings. The molecule has 0 amide bonds. The maximum absolute atomic E-state index is 6.10. The van der Waals surface area contributed by atoms with Crippen LogP contribution in [0.5, 0.6) is 0 Å². The molecule has 1 N–H and O–H groups in total. The zero-order valence-corrected chi connectivity index (χ0v) is 19.1. The lowest BCUT2D eigenvalue weighted by molar-refractivity contribution is -0.403. The van der Waals surface area contributed by atoms with E-state index in [0.29, 0.717) is 19.8 Å². The van der Waals surface area contributed by atoms with Crippen molar-refractivity contribution in [1.29, 1.82) is 0 Å². The molecule has 0 aliphatic carbocycles. The highest BCUT2D eigenvalue weighted by molar-refractivity contribution is 4.73. The van der Waals surface area contributed by atoms with Crippen molar-refractivity contribution >= 4 is 0 Å². The van der Waals surface area contributed by atoms with Crippen LogP contribution in [-0.4, -0.2) is 38.9 Å². The third kappa shape index (κ3) is 12.8. The van der Waals surface area contributed by atoms with Crippen molar-refractivity contribution in [1.82, 2.24) is 5.32 Å². The normalized spacial score (nSPS) is 13.2. The van der Waals surface area contributed by atoms with Crippen LogP contribution in [0.3, 0.4) is 0 Å². The predicted octanol–water partition coefficient (Wildman–Crippen LogP) is 6.29. The Labute approximate surface area is 170 Å². The predicted molar refractivity (Wildman–Crippen MR) is 116 cm³/mol. The van der Waals surface area contributed by atoms with Gasteiger partial charge in [-0.15, -0.1) is 0 Å². The first kappa shape index (κ1) is 26.8. The summed E-state index contributed by atoms with van der Waals surface area (Å²) in [5, 5.41) is 3.56. The van der Waals surface area contributed by atoms with Crippen LogP contribution in [-0.2, 0) is 14.2 Å². The molecule has 0 saturated heterocycles. The first-order valence-electron chi connectivity index (χ1n) is 11.8. The summed E-state index contributed by atoms with van der Waals surface area (Å²) in [4.78, 5) is 0. The van der Waals surface area contributed by atoms with E-state index in [1.165, 1.54) is 51.4 Å². The Hall–Kier alpha value is -0.160. The minimum Gasteiger partial charge on any atom is -0.328 e. The fraction of sp³-hybridized carbons (Fsp3) is 1.00. The van der Waals surface area contributed by atoms with Gasteiger partial charge in [-0.2, -0.15) is 0 Å². The molecule has 0 rings (SSSR count). The van der Waals surface area contributed by atoms with E-state index in [1.54, 1.807) is 0 Å². The maximum atomic E-state index is 6.10. The van der Waals surface area contributed by atoms with Gasteiger partial charge in [-0.25, -0.2) is 0 Å². The van der Waals surface area contributed by atoms with E-state index < -0.39 is 5.97 Å². The van der Waals surface area contributed by atoms with Crippen molar-refractivity contribution in [2.24, 2.45) is 5.92 Å². The molecule has 4 heteroatoms. The Morgan fingerprint density at radius 3 is 1.63 bits per heavy atom. The summed E-state index contributed by atoms with van der Waals surface area (Å²) in [6.45, 7) is 14.6. The van der Waals surface area contributed by atoms with Gasteiger partial charge in [-0.1, -0.05) is 58.8 Å². The molecule has 1 unspecified atom stereocenters. The molecule has 0 heterocycles. The highest BCUT2D eigenvalue weighted by Crippen LogP contribution is 2.34. The summed E-state index contributed by atoms with van der Waals surface area (Å²) in [7, 11) is 0. The first-order chi connectivity index (χ1) is 13.2. The van der Waals surface area contributed by atoms with Gasteiger partial charge < -0.3 is 19.5 Å². The fourth-order valence-electron chi connectivity index (χ4n) is 3.65. The lowest BCUT2D eigenvalue weighted by Gasteiger charge is -2.39. The minimum atomic E-state index is -0.870. The lowest BCUT2D eigenvalue weighted by atomic mass is 9.92. The second-order valence-corrected chi connectivity index (χ2v) is 7.40. The van der Waals surface area contributed by atoms with Crippen LogP contribution in [0, 0.1) is 5.92 Å². The number of hydrogen-bond donors (Lipinski definition) is 1. The van der Waals surface area contributed by atoms with Crippen molar-refractivity contribution in [3.05, 3.63) is 0 Å². The average Bonchev–Trinajstić information content (AvgIpc) is 2.66. The molecule has 0 aromatic heterocycles. The summed E-state index contributed by atoms with van der Waals surface area (Å²) in [5.41, 5.74) is 0. The monoisotopic (exact) mass is 387 g/mol. The third-order valence-electron chi connectivity index (χ3n) is 5.06. The molecule has 164 valence electrons. The number of rotatable bonds is 21. The number of nitrogens with one attached hydrogen (secondary N) is 1. The Morgan fingerprint density at radius 1 is 0.593 bits per heavy atom. The summed E-state index contributed by atoms with van der Waals surface area (Å²) in [6, 6.07) is 0. The van der Waals surface area contributed by atoms with Gasteiger partial charge in [0.05, 0.1) is 0 Å². The lowest BCUT2D eigenvalue weighted by Crippen LogP contribution is -2.47. The van der Waals surface area contributed by atoms with Gasteiger partial charge in [-0.05, 0) is 59.5 Å². The van der Waals surface area contributed by atoms with Gasteiger partial charge in [0.25, 0.3) is 5.97 Å². The molecule has 0 spiro atoms. The van der Waals surface area contributed by atoms with E-state index in [2.05, 4.69) is 19.2 Å². The van der Waals surface area contributed by atoms with E-state index in [-0.39, 0.29) is 5.92 Å². The van der Waals surface area contributed by atoms with Crippen molar-refractivity contribution in [3.63, 3.8) is 0 Å². The van der Waals surface area contributed by atoms with E-state index in [9.17, 15) is 0 Å². The summed E-state index contributed by atoms with van der Waals surface area (Å²) >= 11 is 0. The van der Waals surface area contributed by atoms with Gasteiger partial charge in [0.2, 0.25) is 0 Å². The molecular formula is C23H49NO3. The quantitative estimate of drug-likeness (QED) is 0.186. The van der Waals surface area contributed by atoms with Crippen LogP contribution in [0.15, 0.2) is 0 Å². The van der Waals surface area contributed by atoms with Crippen molar-refractivity contribution < 1.29 is 14.2 Å². The van der Waals surface area contributed by atoms with Gasteiger partial charge in [0.15, 0.2) is 0 Å². The first-order valence-corrected chi connectivity index (χ1v) is 11.8. The van der Waals surface area contributed by atoms with Crippen LogP contribution in [0.2, 0.25) is 0 Å². The number of unbranched alkanes of at least 4 members (excludes halogenated alkanes) is 6. The molecule has 1 atom stereocenters. The van der Waals surface area contributed by atoms with Crippen LogP contribution < -0.4 is 5.32 Å². The third-order valence-corrected chi connectivity index (χ3v) is 5.06. The standard InChI is InChI=1S/C23H49NO3/c1-6-11-13-14-15-16-18-22(19-17-21-24-20-12-7-2)23(25-8-3,26-9-4)27-10-5/h22,24H,6-21H2,1-5H3. The van der Waals surface area contributed by atoms with Crippen LogP contribution in [0.4, 0.5) is 0 Å². The average molecular weight is 388 g/mol. The topological polar surface area (TPSA) is 39.7 Å². The fourth-order valence-corrected chi connectivity index (χ4v) is 3.65. The van der Waals surface area contributed by atoms with Crippen LogP contribution >= 0.6 is 0 Å². The van der Waals surface area contributed by atoms with Gasteiger partial charge in [0.1, 0.15) is 0 Å². The second-order valence-electron chi connectivity index (χ2n) is 7.40. The number of ether oxygens (including phenoxy) is 3. The Kier molecular flexibility index (Phi) is 19.1. The number of hydrogen-bond acceptors (Lipinski definition) is 4. The minimum absolute atomic E-state index is 0.288. The maximum Gasteiger partial charge on any atom is 0.285 e. The zero-order chi connectivity index (χ0) is 20.2. The molecule has 0 radical (unpaired) electrons. The SMILES string of the molecule is CCCCCCCCC(CCCNCCCC)C(OCC)(OCC)OCC. The van der Waals surface area contributed by atoms with Crippen molar-refractivity contribution in [2.45, 2.75) is 111 Å². The van der Waals surface area contributed by atoms with Gasteiger partial charge in [-0.3, -0.25) is 0 Å². The highest BCUT2D eigenvalue weighted by Gasteiger charge is 2.41. The van der Waals surface area contributed by atoms with Gasteiger partial charge in [0, 0.05) is 25.7 Å². The van der Waals surface area contributed by atoms with Crippen molar-refractivity contribution in [2.75, 3.05) is 32.9 Å². The summed E-state index contributed by atoms with van der Waals surface area (Å²) < 4.78 is 18.3. The Balaban J connectivity index is 4.71. The van der Waals surface area contributed by atoms with Crippen molar-refractivity contribution in [3.8, 4) is 0 Å². The molecule has 0 aliphatic heterocycles. The van der Waals surface area contributed by atoms with Crippen LogP contribution in [0.25, 0.3) is 0 Å². The summed E-state index contributed by atoms with van der Waals surface area (Å²) in [6.07, 6.45) is 13.7. The molecule has 4 nitrogen and oxygen atoms in total. The van der Waals surface area contributed by atoms with Gasteiger partial charge >= 0.3 is 0 Å². The smallest absolute Gasteiger partial charge is 0.285 e. The molecule has 0 saturated carbocycles. The Morgan fingerprint density at radius 2 is 1.07 bits per heavy atom. The molecule has 0 aromatic carbocycles. The molecule has 27 heavy (non-hydrogen) atoms. The second kappa shape index (κ2) is 19.2. The largest absolute Gasteiger partial charge is 0.328 e. The van der Waals surface area contributed by atoms with E-state index in [4.69, 9.17) is 14.2 Å². The van der Waals surface area contributed by atoms with E-state index >= 15 is 0 Å². The van der Waals surface area contributed by atoms with Crippen LogP contribution in [0.1, 0.15) is 105 Å². The highest BCUT2D eigenvalue weighted by atomic mass is 16.9. The Bertz CT molecular complexity index is 266. The zero-order valence-electron chi connectivity index (χ0n) is 19.1.